The second-order valence-electron chi connectivity index (χ2n) is 5.42. The molecule has 0 spiro atoms. The summed E-state index contributed by atoms with van der Waals surface area (Å²) in [5.74, 6) is -2.73. The highest BCUT2D eigenvalue weighted by Crippen LogP contribution is 2.09. The third-order valence-corrected chi connectivity index (χ3v) is 3.35. The summed E-state index contributed by atoms with van der Waals surface area (Å²) in [5.41, 5.74) is 0.805. The van der Waals surface area contributed by atoms with Crippen LogP contribution in [0.25, 0.3) is 0 Å². The zero-order valence-electron chi connectivity index (χ0n) is 15.5. The molecule has 0 aliphatic rings. The molecule has 0 fully saturated rings. The van der Waals surface area contributed by atoms with Crippen LogP contribution < -0.4 is 0 Å². The summed E-state index contributed by atoms with van der Waals surface area (Å²) >= 11 is 0. The van der Waals surface area contributed by atoms with E-state index in [1.165, 1.54) is 18.9 Å². The SMILES string of the molecule is CCOC(=O)CN(Cc1ccccc1)C(=O)C(C)OC(=O)C=CC(=O)OC. The molecule has 1 rings (SSSR count). The van der Waals surface area contributed by atoms with Gasteiger partial charge in [0.15, 0.2) is 6.10 Å². The number of esters is 3. The minimum Gasteiger partial charge on any atom is -0.466 e. The lowest BCUT2D eigenvalue weighted by Gasteiger charge is -2.24. The fraction of sp³-hybridized carbons (Fsp3) is 0.368. The number of amides is 1. The fourth-order valence-corrected chi connectivity index (χ4v) is 2.10. The average molecular weight is 377 g/mol. The van der Waals surface area contributed by atoms with E-state index in [-0.39, 0.29) is 19.7 Å². The van der Waals surface area contributed by atoms with E-state index in [2.05, 4.69) is 4.74 Å². The Morgan fingerprint density at radius 2 is 1.70 bits per heavy atom. The summed E-state index contributed by atoms with van der Waals surface area (Å²) in [5, 5.41) is 0. The van der Waals surface area contributed by atoms with Crippen LogP contribution in [0, 0.1) is 0 Å². The van der Waals surface area contributed by atoms with Crippen molar-refractivity contribution < 1.29 is 33.4 Å². The van der Waals surface area contributed by atoms with E-state index in [0.29, 0.717) is 0 Å². The van der Waals surface area contributed by atoms with E-state index >= 15 is 0 Å². The molecular formula is C19H23NO7. The Morgan fingerprint density at radius 1 is 1.07 bits per heavy atom. The Kier molecular flexibility index (Phi) is 9.28. The molecule has 0 aliphatic carbocycles. The molecule has 146 valence electrons. The minimum absolute atomic E-state index is 0.151. The first-order valence-electron chi connectivity index (χ1n) is 8.32. The van der Waals surface area contributed by atoms with Crippen molar-refractivity contribution in [2.24, 2.45) is 0 Å². The lowest BCUT2D eigenvalue weighted by Crippen LogP contribution is -2.42. The van der Waals surface area contributed by atoms with Crippen LogP contribution in [0.5, 0.6) is 0 Å². The molecule has 0 heterocycles. The summed E-state index contributed by atoms with van der Waals surface area (Å²) in [6, 6.07) is 9.06. The number of carbonyl (C=O) groups is 4. The summed E-state index contributed by atoms with van der Waals surface area (Å²) < 4.78 is 14.2. The van der Waals surface area contributed by atoms with Crippen LogP contribution in [-0.4, -0.2) is 55.1 Å². The highest BCUT2D eigenvalue weighted by atomic mass is 16.6. The number of benzene rings is 1. The first-order chi connectivity index (χ1) is 12.9. The van der Waals surface area contributed by atoms with Crippen molar-refractivity contribution in [3.63, 3.8) is 0 Å². The van der Waals surface area contributed by atoms with Crippen LogP contribution in [0.4, 0.5) is 0 Å². The van der Waals surface area contributed by atoms with Crippen LogP contribution in [0.1, 0.15) is 19.4 Å². The molecule has 1 unspecified atom stereocenters. The Labute approximate surface area is 157 Å². The third-order valence-electron chi connectivity index (χ3n) is 3.35. The minimum atomic E-state index is -1.15. The molecular weight excluding hydrogens is 354 g/mol. The van der Waals surface area contributed by atoms with Gasteiger partial charge in [-0.25, -0.2) is 9.59 Å². The van der Waals surface area contributed by atoms with Crippen molar-refractivity contribution in [2.45, 2.75) is 26.5 Å². The standard InChI is InChI=1S/C19H23NO7/c1-4-26-18(23)13-20(12-15-8-6-5-7-9-15)19(24)14(2)27-17(22)11-10-16(21)25-3/h5-11,14H,4,12-13H2,1-3H3. The van der Waals surface area contributed by atoms with Crippen molar-refractivity contribution in [3.05, 3.63) is 48.0 Å². The fourth-order valence-electron chi connectivity index (χ4n) is 2.10. The molecule has 0 bridgehead atoms. The smallest absolute Gasteiger partial charge is 0.331 e. The summed E-state index contributed by atoms with van der Waals surface area (Å²) in [7, 11) is 1.17. The van der Waals surface area contributed by atoms with Gasteiger partial charge in [0.1, 0.15) is 6.54 Å². The molecule has 1 aromatic rings. The Morgan fingerprint density at radius 3 is 2.30 bits per heavy atom. The number of carbonyl (C=O) groups excluding carboxylic acids is 4. The van der Waals surface area contributed by atoms with E-state index < -0.39 is 29.9 Å². The van der Waals surface area contributed by atoms with Crippen molar-refractivity contribution in [2.75, 3.05) is 20.3 Å². The Balaban J connectivity index is 2.81. The first kappa shape index (κ1) is 21.9. The number of rotatable bonds is 9. The average Bonchev–Trinajstić information content (AvgIpc) is 2.65. The molecule has 1 amide bonds. The number of ether oxygens (including phenoxy) is 3. The van der Waals surface area contributed by atoms with Gasteiger partial charge in [-0.2, -0.15) is 0 Å². The Hall–Kier alpha value is -3.16. The monoisotopic (exact) mass is 377 g/mol. The van der Waals surface area contributed by atoms with E-state index in [4.69, 9.17) is 9.47 Å². The summed E-state index contributed by atoms with van der Waals surface area (Å²) in [4.78, 5) is 48.4. The molecule has 0 radical (unpaired) electrons. The highest BCUT2D eigenvalue weighted by molar-refractivity contribution is 5.93. The largest absolute Gasteiger partial charge is 0.466 e. The maximum absolute atomic E-state index is 12.6. The number of methoxy groups -OCH3 is 1. The van der Waals surface area contributed by atoms with Gasteiger partial charge in [-0.15, -0.1) is 0 Å². The van der Waals surface area contributed by atoms with Crippen LogP contribution in [0.15, 0.2) is 42.5 Å². The van der Waals surface area contributed by atoms with Gasteiger partial charge in [0.25, 0.3) is 5.91 Å². The molecule has 0 N–H and O–H groups in total. The molecule has 0 saturated heterocycles. The molecule has 0 aliphatic heterocycles. The summed E-state index contributed by atoms with van der Waals surface area (Å²) in [6.45, 7) is 3.11. The normalized spacial score (nSPS) is 11.5. The van der Waals surface area contributed by atoms with Gasteiger partial charge < -0.3 is 19.1 Å². The zero-order valence-corrected chi connectivity index (χ0v) is 15.5. The lowest BCUT2D eigenvalue weighted by atomic mass is 10.2. The molecule has 0 saturated carbocycles. The van der Waals surface area contributed by atoms with Gasteiger partial charge in [0.2, 0.25) is 0 Å². The molecule has 1 aromatic carbocycles. The number of hydrogen-bond acceptors (Lipinski definition) is 7. The van der Waals surface area contributed by atoms with Crippen molar-refractivity contribution >= 4 is 23.8 Å². The molecule has 27 heavy (non-hydrogen) atoms. The van der Waals surface area contributed by atoms with E-state index in [9.17, 15) is 19.2 Å². The van der Waals surface area contributed by atoms with Gasteiger partial charge in [0, 0.05) is 18.7 Å². The van der Waals surface area contributed by atoms with Crippen molar-refractivity contribution in [1.82, 2.24) is 4.90 Å². The third kappa shape index (κ3) is 8.17. The molecule has 8 nitrogen and oxygen atoms in total. The van der Waals surface area contributed by atoms with Crippen LogP contribution >= 0.6 is 0 Å². The maximum Gasteiger partial charge on any atom is 0.331 e. The maximum atomic E-state index is 12.6. The van der Waals surface area contributed by atoms with E-state index in [1.54, 1.807) is 19.1 Å². The summed E-state index contributed by atoms with van der Waals surface area (Å²) in [6.07, 6.45) is 0.598. The second-order valence-corrected chi connectivity index (χ2v) is 5.42. The van der Waals surface area contributed by atoms with Crippen molar-refractivity contribution in [3.8, 4) is 0 Å². The Bertz CT molecular complexity index is 685. The van der Waals surface area contributed by atoms with Crippen molar-refractivity contribution in [1.29, 1.82) is 0 Å². The second kappa shape index (κ2) is 11.5. The lowest BCUT2D eigenvalue weighted by molar-refractivity contribution is -0.159. The van der Waals surface area contributed by atoms with Gasteiger partial charge >= 0.3 is 17.9 Å². The van der Waals surface area contributed by atoms with E-state index in [0.717, 1.165) is 17.7 Å². The number of hydrogen-bond donors (Lipinski definition) is 0. The van der Waals surface area contributed by atoms with Crippen LogP contribution in [-0.2, 0) is 39.9 Å². The predicted molar refractivity (Wildman–Crippen MR) is 95.2 cm³/mol. The van der Waals surface area contributed by atoms with E-state index in [1.807, 2.05) is 18.2 Å². The predicted octanol–water partition coefficient (Wildman–Crippen LogP) is 1.24. The highest BCUT2D eigenvalue weighted by Gasteiger charge is 2.25. The number of nitrogens with zero attached hydrogens (tertiary/aromatic N) is 1. The topological polar surface area (TPSA) is 99.2 Å². The van der Waals surface area contributed by atoms with Gasteiger partial charge in [-0.05, 0) is 19.4 Å². The quantitative estimate of drug-likeness (QED) is 0.363. The molecule has 8 heteroatoms. The molecule has 0 aromatic heterocycles. The first-order valence-corrected chi connectivity index (χ1v) is 8.32. The van der Waals surface area contributed by atoms with Gasteiger partial charge in [-0.1, -0.05) is 30.3 Å². The van der Waals surface area contributed by atoms with Gasteiger partial charge in [0.05, 0.1) is 13.7 Å². The van der Waals surface area contributed by atoms with Crippen LogP contribution in [0.3, 0.4) is 0 Å². The van der Waals surface area contributed by atoms with Crippen LogP contribution in [0.2, 0.25) is 0 Å². The molecule has 1 atom stereocenters. The van der Waals surface area contributed by atoms with Gasteiger partial charge in [-0.3, -0.25) is 9.59 Å². The zero-order chi connectivity index (χ0) is 20.2.